The fraction of sp³-hybridized carbons (Fsp3) is 0.696. The number of aromatic nitrogens is 2. The molecule has 2 fully saturated rings. The predicted octanol–water partition coefficient (Wildman–Crippen LogP) is 2.11. The van der Waals surface area contributed by atoms with Crippen molar-refractivity contribution in [1.82, 2.24) is 24.5 Å². The Bertz CT molecular complexity index is 786. The van der Waals surface area contributed by atoms with Crippen molar-refractivity contribution in [3.8, 4) is 0 Å². The maximum Gasteiger partial charge on any atom is 0.274 e. The standard InChI is InChI=1S/C23H35N5O2/c1-3-10-28-21-9-8-19(26-15-13-25(14-16-26)18(2)29)17-20(21)22(24-28)23(30)27-11-6-4-5-7-12-27/h3,19H,1,4-17H2,2H3/t19-/m0/s1. The molecule has 1 aromatic heterocycles. The minimum absolute atomic E-state index is 0.109. The van der Waals surface area contributed by atoms with Crippen LogP contribution in [0.5, 0.6) is 0 Å². The molecule has 3 heterocycles. The van der Waals surface area contributed by atoms with E-state index in [4.69, 9.17) is 5.10 Å². The summed E-state index contributed by atoms with van der Waals surface area (Å²) in [7, 11) is 0. The van der Waals surface area contributed by atoms with Gasteiger partial charge in [0, 0.05) is 63.5 Å². The number of fused-ring (bicyclic) bond motifs is 1. The van der Waals surface area contributed by atoms with Crippen molar-refractivity contribution in [3.05, 3.63) is 29.6 Å². The Hall–Kier alpha value is -2.15. The second kappa shape index (κ2) is 9.33. The summed E-state index contributed by atoms with van der Waals surface area (Å²) in [5, 5.41) is 4.78. The summed E-state index contributed by atoms with van der Waals surface area (Å²) in [4.78, 5) is 31.5. The Morgan fingerprint density at radius 3 is 2.37 bits per heavy atom. The molecule has 0 N–H and O–H groups in total. The first-order valence-electron chi connectivity index (χ1n) is 11.6. The fourth-order valence-electron chi connectivity index (χ4n) is 5.25. The molecule has 0 aromatic carbocycles. The zero-order valence-corrected chi connectivity index (χ0v) is 18.3. The van der Waals surface area contributed by atoms with E-state index in [2.05, 4.69) is 11.5 Å². The summed E-state index contributed by atoms with van der Waals surface area (Å²) < 4.78 is 2.00. The first-order chi connectivity index (χ1) is 14.6. The molecule has 0 bridgehead atoms. The molecule has 30 heavy (non-hydrogen) atoms. The highest BCUT2D eigenvalue weighted by molar-refractivity contribution is 5.94. The minimum Gasteiger partial charge on any atom is -0.340 e. The molecule has 4 rings (SSSR count). The summed E-state index contributed by atoms with van der Waals surface area (Å²) >= 11 is 0. The molecule has 7 heteroatoms. The minimum atomic E-state index is 0.109. The number of amides is 2. The summed E-state index contributed by atoms with van der Waals surface area (Å²) in [6, 6.07) is 0.420. The number of allylic oxidation sites excluding steroid dienone is 1. The van der Waals surface area contributed by atoms with Gasteiger partial charge in [0.25, 0.3) is 5.91 Å². The van der Waals surface area contributed by atoms with Crippen LogP contribution < -0.4 is 0 Å². The summed E-state index contributed by atoms with van der Waals surface area (Å²) in [5.74, 6) is 0.273. The lowest BCUT2D eigenvalue weighted by atomic mass is 9.89. The Kier molecular flexibility index (Phi) is 6.56. The average molecular weight is 414 g/mol. The average Bonchev–Trinajstić information content (AvgIpc) is 2.92. The first-order valence-corrected chi connectivity index (χ1v) is 11.6. The van der Waals surface area contributed by atoms with E-state index in [0.29, 0.717) is 18.3 Å². The molecule has 2 saturated heterocycles. The van der Waals surface area contributed by atoms with Crippen LogP contribution in [0.3, 0.4) is 0 Å². The number of hydrogen-bond donors (Lipinski definition) is 0. The lowest BCUT2D eigenvalue weighted by Gasteiger charge is -2.40. The normalized spacial score (nSPS) is 23.0. The van der Waals surface area contributed by atoms with Crippen LogP contribution in [-0.2, 0) is 24.2 Å². The van der Waals surface area contributed by atoms with Crippen LogP contribution in [-0.4, -0.2) is 81.6 Å². The number of carbonyl (C=O) groups is 2. The van der Waals surface area contributed by atoms with Crippen molar-refractivity contribution in [2.45, 2.75) is 64.5 Å². The zero-order chi connectivity index (χ0) is 21.1. The molecule has 1 aromatic rings. The maximum absolute atomic E-state index is 13.4. The molecule has 164 valence electrons. The maximum atomic E-state index is 13.4. The van der Waals surface area contributed by atoms with Crippen LogP contribution in [0.2, 0.25) is 0 Å². The number of carbonyl (C=O) groups excluding carboxylic acids is 2. The summed E-state index contributed by atoms with van der Waals surface area (Å²) in [5.41, 5.74) is 3.03. The van der Waals surface area contributed by atoms with Crippen molar-refractivity contribution < 1.29 is 9.59 Å². The van der Waals surface area contributed by atoms with Gasteiger partial charge in [-0.25, -0.2) is 0 Å². The lowest BCUT2D eigenvalue weighted by Crippen LogP contribution is -2.52. The van der Waals surface area contributed by atoms with E-state index in [-0.39, 0.29) is 11.8 Å². The van der Waals surface area contributed by atoms with Crippen molar-refractivity contribution in [3.63, 3.8) is 0 Å². The van der Waals surface area contributed by atoms with E-state index >= 15 is 0 Å². The second-order valence-corrected chi connectivity index (χ2v) is 8.89. The number of hydrogen-bond acceptors (Lipinski definition) is 4. The van der Waals surface area contributed by atoms with Gasteiger partial charge in [-0.05, 0) is 32.1 Å². The van der Waals surface area contributed by atoms with Gasteiger partial charge in [0.2, 0.25) is 5.91 Å². The Labute approximate surface area is 179 Å². The Balaban J connectivity index is 1.53. The van der Waals surface area contributed by atoms with Crippen molar-refractivity contribution in [1.29, 1.82) is 0 Å². The largest absolute Gasteiger partial charge is 0.340 e. The molecule has 2 amide bonds. The van der Waals surface area contributed by atoms with Crippen molar-refractivity contribution in [2.24, 2.45) is 0 Å². The third-order valence-electron chi connectivity index (χ3n) is 6.99. The fourth-order valence-corrected chi connectivity index (χ4v) is 5.25. The van der Waals surface area contributed by atoms with Crippen molar-refractivity contribution in [2.75, 3.05) is 39.3 Å². The molecule has 0 radical (unpaired) electrons. The molecule has 3 aliphatic rings. The van der Waals surface area contributed by atoms with Crippen LogP contribution in [0.15, 0.2) is 12.7 Å². The van der Waals surface area contributed by atoms with Crippen molar-refractivity contribution >= 4 is 11.8 Å². The van der Waals surface area contributed by atoms with Gasteiger partial charge in [-0.2, -0.15) is 5.10 Å². The smallest absolute Gasteiger partial charge is 0.274 e. The zero-order valence-electron chi connectivity index (χ0n) is 18.3. The van der Waals surface area contributed by atoms with Crippen LogP contribution in [0.25, 0.3) is 0 Å². The number of piperazine rings is 1. The molecule has 0 saturated carbocycles. The molecule has 1 atom stereocenters. The molecule has 0 unspecified atom stereocenters. The summed E-state index contributed by atoms with van der Waals surface area (Å²) in [6.45, 7) is 11.3. The summed E-state index contributed by atoms with van der Waals surface area (Å²) in [6.07, 6.45) is 9.35. The third-order valence-corrected chi connectivity index (χ3v) is 6.99. The van der Waals surface area contributed by atoms with E-state index in [1.165, 1.54) is 18.5 Å². The van der Waals surface area contributed by atoms with Gasteiger partial charge in [-0.3, -0.25) is 19.2 Å². The predicted molar refractivity (Wildman–Crippen MR) is 116 cm³/mol. The van der Waals surface area contributed by atoms with Gasteiger partial charge in [-0.15, -0.1) is 6.58 Å². The second-order valence-electron chi connectivity index (χ2n) is 8.89. The molecule has 0 spiro atoms. The van der Waals surface area contributed by atoms with E-state index in [1.54, 1.807) is 6.92 Å². The van der Waals surface area contributed by atoms with E-state index in [9.17, 15) is 9.59 Å². The monoisotopic (exact) mass is 413 g/mol. The number of rotatable bonds is 4. The van der Waals surface area contributed by atoms with E-state index < -0.39 is 0 Å². The van der Waals surface area contributed by atoms with Crippen LogP contribution >= 0.6 is 0 Å². The van der Waals surface area contributed by atoms with E-state index in [1.807, 2.05) is 20.6 Å². The van der Waals surface area contributed by atoms with Crippen LogP contribution in [0.1, 0.15) is 60.8 Å². The van der Waals surface area contributed by atoms with Crippen LogP contribution in [0.4, 0.5) is 0 Å². The Morgan fingerprint density at radius 1 is 1.03 bits per heavy atom. The number of likely N-dealkylation sites (tertiary alicyclic amines) is 1. The lowest BCUT2D eigenvalue weighted by molar-refractivity contribution is -0.130. The van der Waals surface area contributed by atoms with Gasteiger partial charge < -0.3 is 9.80 Å². The SMILES string of the molecule is C=CCn1nc(C(=O)N2CCCCCC2)c2c1CC[C@H](N1CCN(C(C)=O)CC1)C2. The highest BCUT2D eigenvalue weighted by atomic mass is 16.2. The molecule has 2 aliphatic heterocycles. The first kappa shape index (κ1) is 21.1. The molecule has 7 nitrogen and oxygen atoms in total. The third kappa shape index (κ3) is 4.31. The molecular weight excluding hydrogens is 378 g/mol. The Morgan fingerprint density at radius 2 is 1.73 bits per heavy atom. The van der Waals surface area contributed by atoms with Gasteiger partial charge in [0.05, 0.1) is 6.54 Å². The van der Waals surface area contributed by atoms with Gasteiger partial charge in [0.1, 0.15) is 0 Å². The van der Waals surface area contributed by atoms with Gasteiger partial charge in [0.15, 0.2) is 5.69 Å². The van der Waals surface area contributed by atoms with Gasteiger partial charge in [-0.1, -0.05) is 18.9 Å². The quantitative estimate of drug-likeness (QED) is 0.710. The highest BCUT2D eigenvalue weighted by Crippen LogP contribution is 2.29. The highest BCUT2D eigenvalue weighted by Gasteiger charge is 2.34. The molecular formula is C23H35N5O2. The van der Waals surface area contributed by atoms with Crippen LogP contribution in [0, 0.1) is 0 Å². The topological polar surface area (TPSA) is 61.7 Å². The van der Waals surface area contributed by atoms with E-state index in [0.717, 1.165) is 76.9 Å². The molecule has 1 aliphatic carbocycles. The van der Waals surface area contributed by atoms with Gasteiger partial charge >= 0.3 is 0 Å². The number of nitrogens with zero attached hydrogens (tertiary/aromatic N) is 5.